The van der Waals surface area contributed by atoms with Crippen LogP contribution in [0, 0.1) is 5.82 Å². The number of nitrogens with zero attached hydrogens (tertiary/aromatic N) is 4. The molecule has 0 bridgehead atoms. The van der Waals surface area contributed by atoms with Gasteiger partial charge in [-0.25, -0.2) is 9.37 Å². The van der Waals surface area contributed by atoms with Crippen LogP contribution in [0.25, 0.3) is 21.8 Å². The molecule has 0 atom stereocenters. The van der Waals surface area contributed by atoms with Crippen LogP contribution in [0.5, 0.6) is 0 Å². The molecule has 4 heterocycles. The molecule has 0 spiro atoms. The van der Waals surface area contributed by atoms with Gasteiger partial charge in [-0.15, -0.1) is 11.3 Å². The number of pyridine rings is 1. The van der Waals surface area contributed by atoms with Crippen molar-refractivity contribution in [3.8, 4) is 21.8 Å². The molecule has 8 nitrogen and oxygen atoms in total. The number of halogens is 1. The third-order valence-corrected chi connectivity index (χ3v) is 7.33. The van der Waals surface area contributed by atoms with E-state index in [1.165, 1.54) is 23.5 Å². The van der Waals surface area contributed by atoms with E-state index in [1.807, 2.05) is 17.9 Å². The Morgan fingerprint density at radius 2 is 1.92 bits per heavy atom. The van der Waals surface area contributed by atoms with Gasteiger partial charge in [-0.2, -0.15) is 5.10 Å². The molecule has 5 rings (SSSR count). The largest absolute Gasteiger partial charge is 0.351 e. The van der Waals surface area contributed by atoms with Gasteiger partial charge in [-0.3, -0.25) is 19.7 Å². The van der Waals surface area contributed by atoms with Crippen molar-refractivity contribution in [3.05, 3.63) is 76.9 Å². The molecule has 190 valence electrons. The van der Waals surface area contributed by atoms with Crippen LogP contribution in [-0.4, -0.2) is 56.5 Å². The van der Waals surface area contributed by atoms with Gasteiger partial charge in [0.2, 0.25) is 0 Å². The lowest BCUT2D eigenvalue weighted by atomic mass is 9.90. The van der Waals surface area contributed by atoms with Crippen LogP contribution in [0.4, 0.5) is 4.39 Å². The number of H-pyrrole nitrogens is 1. The quantitative estimate of drug-likeness (QED) is 0.362. The standard InChI is InChI=1S/C27H27FN6O2S/c1-2-12-30-25(35)21-16-37-26(31-21)22-23(17-6-8-19(28)9-7-17)32-33-24(22)18-10-14-34(15-11-18)27(36)20-5-3-4-13-29-20/h3-9,13,16,18H,2,10-12,14-15H2,1H3,(H,30,35)(H,32,33). The molecule has 1 aliphatic heterocycles. The number of carbonyl (C=O) groups is 2. The Hall–Kier alpha value is -3.92. The second-order valence-corrected chi connectivity index (χ2v) is 9.80. The predicted octanol–water partition coefficient (Wildman–Crippen LogP) is 4.89. The number of amides is 2. The van der Waals surface area contributed by atoms with Crippen LogP contribution in [-0.2, 0) is 0 Å². The molecule has 0 saturated carbocycles. The molecule has 1 fully saturated rings. The Morgan fingerprint density at radius 1 is 1.14 bits per heavy atom. The minimum Gasteiger partial charge on any atom is -0.351 e. The van der Waals surface area contributed by atoms with E-state index >= 15 is 0 Å². The van der Waals surface area contributed by atoms with E-state index in [1.54, 1.807) is 35.8 Å². The maximum absolute atomic E-state index is 13.6. The van der Waals surface area contributed by atoms with E-state index in [4.69, 9.17) is 0 Å². The fraction of sp³-hybridized carbons (Fsp3) is 0.296. The van der Waals surface area contributed by atoms with Gasteiger partial charge in [0, 0.05) is 48.4 Å². The third-order valence-electron chi connectivity index (χ3n) is 6.47. The van der Waals surface area contributed by atoms with Crippen molar-refractivity contribution >= 4 is 23.2 Å². The van der Waals surface area contributed by atoms with Crippen molar-refractivity contribution in [2.75, 3.05) is 19.6 Å². The zero-order valence-electron chi connectivity index (χ0n) is 20.4. The van der Waals surface area contributed by atoms with Crippen LogP contribution in [0.15, 0.2) is 54.0 Å². The third kappa shape index (κ3) is 5.29. The molecule has 0 radical (unpaired) electrons. The number of likely N-dealkylation sites (tertiary alicyclic amines) is 1. The molecule has 1 aliphatic rings. The molecular formula is C27H27FN6O2S. The Kier molecular flexibility index (Phi) is 7.36. The molecule has 10 heteroatoms. The summed E-state index contributed by atoms with van der Waals surface area (Å²) in [4.78, 5) is 36.0. The van der Waals surface area contributed by atoms with E-state index in [2.05, 4.69) is 25.5 Å². The zero-order chi connectivity index (χ0) is 25.8. The summed E-state index contributed by atoms with van der Waals surface area (Å²) in [5.74, 6) is -0.488. The van der Waals surface area contributed by atoms with Crippen molar-refractivity contribution < 1.29 is 14.0 Å². The smallest absolute Gasteiger partial charge is 0.272 e. The minimum atomic E-state index is -0.324. The summed E-state index contributed by atoms with van der Waals surface area (Å²) < 4.78 is 13.6. The maximum Gasteiger partial charge on any atom is 0.272 e. The Bertz CT molecular complexity index is 1380. The molecule has 37 heavy (non-hydrogen) atoms. The Morgan fingerprint density at radius 3 is 2.62 bits per heavy atom. The van der Waals surface area contributed by atoms with Crippen molar-refractivity contribution in [1.82, 2.24) is 30.4 Å². The van der Waals surface area contributed by atoms with E-state index in [0.717, 1.165) is 36.1 Å². The summed E-state index contributed by atoms with van der Waals surface area (Å²) in [6.07, 6.45) is 3.95. The average Bonchev–Trinajstić information content (AvgIpc) is 3.60. The van der Waals surface area contributed by atoms with E-state index in [0.29, 0.717) is 41.7 Å². The van der Waals surface area contributed by atoms with Gasteiger partial charge < -0.3 is 10.2 Å². The number of rotatable bonds is 7. The lowest BCUT2D eigenvalue weighted by Gasteiger charge is -2.31. The molecule has 0 aliphatic carbocycles. The van der Waals surface area contributed by atoms with E-state index < -0.39 is 0 Å². The topological polar surface area (TPSA) is 104 Å². The van der Waals surface area contributed by atoms with Gasteiger partial charge in [-0.05, 0) is 55.7 Å². The number of carbonyl (C=O) groups excluding carboxylic acids is 2. The van der Waals surface area contributed by atoms with Gasteiger partial charge in [0.15, 0.2) is 0 Å². The Labute approximate surface area is 218 Å². The summed E-state index contributed by atoms with van der Waals surface area (Å²) in [7, 11) is 0. The first-order chi connectivity index (χ1) is 18.0. The normalized spacial score (nSPS) is 14.1. The van der Waals surface area contributed by atoms with Crippen LogP contribution >= 0.6 is 11.3 Å². The van der Waals surface area contributed by atoms with Crippen molar-refractivity contribution in [3.63, 3.8) is 0 Å². The fourth-order valence-electron chi connectivity index (χ4n) is 4.53. The average molecular weight is 519 g/mol. The summed E-state index contributed by atoms with van der Waals surface area (Å²) >= 11 is 1.38. The molecule has 0 unspecified atom stereocenters. The number of hydrogen-bond donors (Lipinski definition) is 2. The minimum absolute atomic E-state index is 0.0708. The summed E-state index contributed by atoms with van der Waals surface area (Å²) in [6.45, 7) is 3.76. The second-order valence-electron chi connectivity index (χ2n) is 8.94. The maximum atomic E-state index is 13.6. The summed E-state index contributed by atoms with van der Waals surface area (Å²) in [5.41, 5.74) is 3.96. The summed E-state index contributed by atoms with van der Waals surface area (Å²) in [6, 6.07) is 11.5. The van der Waals surface area contributed by atoms with Crippen molar-refractivity contribution in [2.45, 2.75) is 32.1 Å². The summed E-state index contributed by atoms with van der Waals surface area (Å²) in [5, 5.41) is 13.1. The predicted molar refractivity (Wildman–Crippen MR) is 140 cm³/mol. The van der Waals surface area contributed by atoms with Crippen LogP contribution in [0.3, 0.4) is 0 Å². The first-order valence-electron chi connectivity index (χ1n) is 12.3. The van der Waals surface area contributed by atoms with Gasteiger partial charge >= 0.3 is 0 Å². The molecular weight excluding hydrogens is 491 g/mol. The highest BCUT2D eigenvalue weighted by Gasteiger charge is 2.30. The molecule has 2 amide bonds. The zero-order valence-corrected chi connectivity index (χ0v) is 21.2. The highest BCUT2D eigenvalue weighted by atomic mass is 32.1. The van der Waals surface area contributed by atoms with E-state index in [9.17, 15) is 14.0 Å². The SMILES string of the molecule is CCCNC(=O)c1csc(-c2c(-c3ccc(F)cc3)n[nH]c2C2CCN(C(=O)c3ccccn3)CC2)n1. The highest BCUT2D eigenvalue weighted by molar-refractivity contribution is 7.13. The van der Waals surface area contributed by atoms with Gasteiger partial charge in [0.1, 0.15) is 27.9 Å². The number of aromatic nitrogens is 4. The first-order valence-corrected chi connectivity index (χ1v) is 13.2. The Balaban J connectivity index is 1.43. The number of nitrogens with one attached hydrogen (secondary N) is 2. The van der Waals surface area contributed by atoms with E-state index in [-0.39, 0.29) is 23.5 Å². The van der Waals surface area contributed by atoms with Crippen molar-refractivity contribution in [1.29, 1.82) is 0 Å². The fourth-order valence-corrected chi connectivity index (χ4v) is 5.39. The van der Waals surface area contributed by atoms with Crippen molar-refractivity contribution in [2.24, 2.45) is 0 Å². The van der Waals surface area contributed by atoms with Crippen LogP contribution < -0.4 is 5.32 Å². The van der Waals surface area contributed by atoms with Gasteiger partial charge in [0.25, 0.3) is 11.8 Å². The number of aromatic amines is 1. The second kappa shape index (κ2) is 11.0. The molecule has 4 aromatic rings. The number of hydrogen-bond acceptors (Lipinski definition) is 6. The van der Waals surface area contributed by atoms with Gasteiger partial charge in [-0.1, -0.05) is 13.0 Å². The van der Waals surface area contributed by atoms with Gasteiger partial charge in [0.05, 0.1) is 5.56 Å². The lowest BCUT2D eigenvalue weighted by Crippen LogP contribution is -2.38. The monoisotopic (exact) mass is 518 g/mol. The highest BCUT2D eigenvalue weighted by Crippen LogP contribution is 2.41. The molecule has 1 saturated heterocycles. The molecule has 3 aromatic heterocycles. The van der Waals surface area contributed by atoms with Crippen LogP contribution in [0.2, 0.25) is 0 Å². The first kappa shape index (κ1) is 24.8. The number of thiazole rings is 1. The molecule has 1 aromatic carbocycles. The van der Waals surface area contributed by atoms with Crippen LogP contribution in [0.1, 0.15) is 58.8 Å². The lowest BCUT2D eigenvalue weighted by molar-refractivity contribution is 0.0706. The number of benzene rings is 1. The molecule has 2 N–H and O–H groups in total. The number of piperidine rings is 1.